The molecule has 0 unspecified atom stereocenters. The van der Waals surface area contributed by atoms with Gasteiger partial charge in [-0.1, -0.05) is 30.3 Å². The Morgan fingerprint density at radius 3 is 2.32 bits per heavy atom. The van der Waals surface area contributed by atoms with Gasteiger partial charge in [0.2, 0.25) is 5.91 Å². The second-order valence-electron chi connectivity index (χ2n) is 7.16. The van der Waals surface area contributed by atoms with E-state index in [9.17, 15) is 19.2 Å². The highest BCUT2D eigenvalue weighted by Gasteiger charge is 2.12. The molecule has 2 aromatic carbocycles. The molecule has 0 aliphatic rings. The highest BCUT2D eigenvalue weighted by Crippen LogP contribution is 2.14. The number of pyridine rings is 1. The number of aromatic nitrogens is 1. The maximum atomic E-state index is 12.5. The Balaban J connectivity index is 1.53. The van der Waals surface area contributed by atoms with Crippen LogP contribution in [0.1, 0.15) is 22.3 Å². The number of hydrogen-bond donors (Lipinski definition) is 5. The molecule has 4 amide bonds. The van der Waals surface area contributed by atoms with Crippen LogP contribution in [0.25, 0.3) is 0 Å². The zero-order chi connectivity index (χ0) is 24.3. The largest absolute Gasteiger partial charge is 0.481 e. The molecule has 0 radical (unpaired) electrons. The second kappa shape index (κ2) is 11.8. The lowest BCUT2D eigenvalue weighted by atomic mass is 10.1. The summed E-state index contributed by atoms with van der Waals surface area (Å²) in [6.07, 6.45) is 1.59. The minimum absolute atomic E-state index is 0.0982. The number of hydrogen-bond acceptors (Lipinski definition) is 5. The molecule has 1 aromatic heterocycles. The van der Waals surface area contributed by atoms with Crippen LogP contribution in [0, 0.1) is 0 Å². The van der Waals surface area contributed by atoms with E-state index in [1.54, 1.807) is 54.6 Å². The number of carbonyl (C=O) groups excluding carboxylic acids is 3. The molecule has 1 heterocycles. The van der Waals surface area contributed by atoms with Crippen molar-refractivity contribution in [1.82, 2.24) is 10.3 Å². The van der Waals surface area contributed by atoms with Crippen LogP contribution < -0.4 is 21.3 Å². The van der Waals surface area contributed by atoms with Crippen molar-refractivity contribution in [2.45, 2.75) is 12.8 Å². The van der Waals surface area contributed by atoms with Crippen LogP contribution in [0.2, 0.25) is 0 Å². The third-order valence-electron chi connectivity index (χ3n) is 4.58. The van der Waals surface area contributed by atoms with Gasteiger partial charge in [0.1, 0.15) is 5.82 Å². The number of carboxylic acid groups (broad SMARTS) is 1. The van der Waals surface area contributed by atoms with Crippen molar-refractivity contribution in [1.29, 1.82) is 0 Å². The van der Waals surface area contributed by atoms with Crippen LogP contribution in [-0.2, 0) is 16.0 Å². The Morgan fingerprint density at radius 1 is 0.824 bits per heavy atom. The minimum atomic E-state index is -0.956. The summed E-state index contributed by atoms with van der Waals surface area (Å²) in [6.45, 7) is -0.320. The predicted octanol–water partition coefficient (Wildman–Crippen LogP) is 3.11. The van der Waals surface area contributed by atoms with E-state index < -0.39 is 23.8 Å². The van der Waals surface area contributed by atoms with Crippen molar-refractivity contribution in [2.24, 2.45) is 0 Å². The Hall–Kier alpha value is -4.73. The summed E-state index contributed by atoms with van der Waals surface area (Å²) in [5, 5.41) is 19.3. The van der Waals surface area contributed by atoms with Gasteiger partial charge in [-0.15, -0.1) is 0 Å². The number of benzene rings is 2. The first-order valence-corrected chi connectivity index (χ1v) is 10.4. The van der Waals surface area contributed by atoms with Crippen molar-refractivity contribution in [3.63, 3.8) is 0 Å². The maximum Gasteiger partial charge on any atom is 0.323 e. The fraction of sp³-hybridized carbons (Fsp3) is 0.125. The molecule has 5 N–H and O–H groups in total. The van der Waals surface area contributed by atoms with Crippen LogP contribution >= 0.6 is 0 Å². The third-order valence-corrected chi connectivity index (χ3v) is 4.58. The Labute approximate surface area is 195 Å². The number of nitrogens with one attached hydrogen (secondary N) is 4. The highest BCUT2D eigenvalue weighted by molar-refractivity contribution is 6.02. The van der Waals surface area contributed by atoms with Gasteiger partial charge in [0, 0.05) is 29.6 Å². The topological polar surface area (TPSA) is 150 Å². The van der Waals surface area contributed by atoms with E-state index in [2.05, 4.69) is 26.3 Å². The molecule has 0 spiro atoms. The predicted molar refractivity (Wildman–Crippen MR) is 127 cm³/mol. The van der Waals surface area contributed by atoms with Gasteiger partial charge in [-0.2, -0.15) is 0 Å². The van der Waals surface area contributed by atoms with Crippen molar-refractivity contribution < 1.29 is 24.3 Å². The van der Waals surface area contributed by atoms with Gasteiger partial charge in [0.25, 0.3) is 5.91 Å². The first kappa shape index (κ1) is 23.9. The molecule has 0 bridgehead atoms. The monoisotopic (exact) mass is 461 g/mol. The molecule has 10 nitrogen and oxygen atoms in total. The van der Waals surface area contributed by atoms with Gasteiger partial charge >= 0.3 is 12.0 Å². The molecule has 0 atom stereocenters. The molecule has 0 aliphatic heterocycles. The smallest absolute Gasteiger partial charge is 0.323 e. The number of aryl methyl sites for hydroxylation is 1. The number of nitrogens with zero attached hydrogens (tertiary/aromatic N) is 1. The number of rotatable bonds is 9. The van der Waals surface area contributed by atoms with Crippen LogP contribution in [0.4, 0.5) is 22.0 Å². The number of carbonyl (C=O) groups is 4. The SMILES string of the molecule is O=C(O)CCc1cccnc1NC(=O)CNC(=O)c1cccc(NC(=O)Nc2ccccc2)c1. The zero-order valence-corrected chi connectivity index (χ0v) is 18.1. The first-order valence-electron chi connectivity index (χ1n) is 10.4. The van der Waals surface area contributed by atoms with Gasteiger partial charge in [0.15, 0.2) is 0 Å². The maximum absolute atomic E-state index is 12.5. The summed E-state index contributed by atoms with van der Waals surface area (Å²) in [7, 11) is 0. The van der Waals surface area contributed by atoms with Crippen LogP contribution in [-0.4, -0.2) is 40.5 Å². The quantitative estimate of drug-likeness (QED) is 0.330. The first-order chi connectivity index (χ1) is 16.4. The Kier molecular flexibility index (Phi) is 8.28. The standard InChI is InChI=1S/C24H23N5O5/c30-20(29-22-16(7-5-13-25-22)11-12-21(31)32)15-26-23(33)17-6-4-10-19(14-17)28-24(34)27-18-8-2-1-3-9-18/h1-10,13-14H,11-12,15H2,(H,26,33)(H,31,32)(H,25,29,30)(H2,27,28,34). The Bertz CT molecular complexity index is 1180. The van der Waals surface area contributed by atoms with Crippen molar-refractivity contribution in [2.75, 3.05) is 22.5 Å². The molecule has 3 rings (SSSR count). The lowest BCUT2D eigenvalue weighted by Crippen LogP contribution is -2.33. The molecular weight excluding hydrogens is 438 g/mol. The highest BCUT2D eigenvalue weighted by atomic mass is 16.4. The molecule has 0 fully saturated rings. The summed E-state index contributed by atoms with van der Waals surface area (Å²) in [6, 6.07) is 18.1. The molecule has 10 heteroatoms. The third kappa shape index (κ3) is 7.45. The number of carboxylic acids is 1. The number of para-hydroxylation sites is 1. The lowest BCUT2D eigenvalue weighted by molar-refractivity contribution is -0.137. The van der Waals surface area contributed by atoms with E-state index in [0.717, 1.165) is 0 Å². The molecule has 0 saturated heterocycles. The van der Waals surface area contributed by atoms with Crippen LogP contribution in [0.5, 0.6) is 0 Å². The molecule has 0 aliphatic carbocycles. The molecular formula is C24H23N5O5. The minimum Gasteiger partial charge on any atom is -0.481 e. The van der Waals surface area contributed by atoms with E-state index in [1.165, 1.54) is 12.3 Å². The summed E-state index contributed by atoms with van der Waals surface area (Å²) >= 11 is 0. The van der Waals surface area contributed by atoms with E-state index >= 15 is 0 Å². The van der Waals surface area contributed by atoms with Gasteiger partial charge in [-0.25, -0.2) is 9.78 Å². The zero-order valence-electron chi connectivity index (χ0n) is 18.1. The summed E-state index contributed by atoms with van der Waals surface area (Å²) < 4.78 is 0. The van der Waals surface area contributed by atoms with E-state index in [-0.39, 0.29) is 30.8 Å². The van der Waals surface area contributed by atoms with Crippen molar-refractivity contribution in [3.05, 3.63) is 84.1 Å². The normalized spacial score (nSPS) is 10.1. The average molecular weight is 461 g/mol. The lowest BCUT2D eigenvalue weighted by Gasteiger charge is -2.11. The van der Waals surface area contributed by atoms with Gasteiger partial charge < -0.3 is 26.4 Å². The van der Waals surface area contributed by atoms with Gasteiger partial charge in [-0.3, -0.25) is 14.4 Å². The van der Waals surface area contributed by atoms with E-state index in [4.69, 9.17) is 5.11 Å². The fourth-order valence-corrected chi connectivity index (χ4v) is 2.99. The summed E-state index contributed by atoms with van der Waals surface area (Å²) in [4.78, 5) is 51.8. The Morgan fingerprint density at radius 2 is 1.56 bits per heavy atom. The van der Waals surface area contributed by atoms with E-state index in [0.29, 0.717) is 16.9 Å². The molecule has 34 heavy (non-hydrogen) atoms. The number of anilines is 3. The number of aliphatic carboxylic acids is 1. The fourth-order valence-electron chi connectivity index (χ4n) is 2.99. The van der Waals surface area contributed by atoms with Crippen LogP contribution in [0.15, 0.2) is 72.9 Å². The molecule has 174 valence electrons. The second-order valence-corrected chi connectivity index (χ2v) is 7.16. The molecule has 0 saturated carbocycles. The van der Waals surface area contributed by atoms with Gasteiger partial charge in [0.05, 0.1) is 6.54 Å². The summed E-state index contributed by atoms with van der Waals surface area (Å²) in [5.74, 6) is -1.73. The summed E-state index contributed by atoms with van der Waals surface area (Å²) in [5.41, 5.74) is 1.86. The number of amides is 4. The van der Waals surface area contributed by atoms with Crippen LogP contribution in [0.3, 0.4) is 0 Å². The van der Waals surface area contributed by atoms with E-state index in [1.807, 2.05) is 6.07 Å². The van der Waals surface area contributed by atoms with Crippen molar-refractivity contribution in [3.8, 4) is 0 Å². The van der Waals surface area contributed by atoms with Crippen molar-refractivity contribution >= 4 is 41.0 Å². The number of urea groups is 1. The van der Waals surface area contributed by atoms with Gasteiger partial charge in [-0.05, 0) is 48.4 Å². The molecule has 3 aromatic rings. The average Bonchev–Trinajstić information content (AvgIpc) is 2.82.